The summed E-state index contributed by atoms with van der Waals surface area (Å²) in [5.74, 6) is -1.37. The Balaban J connectivity index is 1.79. The molecule has 2 aromatic carbocycles. The summed E-state index contributed by atoms with van der Waals surface area (Å²) in [6, 6.07) is 11.9. The molecule has 160 valence electrons. The lowest BCUT2D eigenvalue weighted by molar-refractivity contribution is -0.120. The van der Waals surface area contributed by atoms with Crippen LogP contribution in [0.3, 0.4) is 0 Å². The molecule has 8 heteroatoms. The molecule has 7 nitrogen and oxygen atoms in total. The number of carbonyl (C=O) groups is 2. The maximum Gasteiger partial charge on any atom is 0.339 e. The molecule has 2 aromatic rings. The highest BCUT2D eigenvalue weighted by molar-refractivity contribution is 7.89. The van der Waals surface area contributed by atoms with Crippen molar-refractivity contribution >= 4 is 27.6 Å². The fourth-order valence-corrected chi connectivity index (χ4v) is 5.45. The molecule has 0 aliphatic carbocycles. The summed E-state index contributed by atoms with van der Waals surface area (Å²) < 4.78 is 32.5. The van der Waals surface area contributed by atoms with E-state index in [9.17, 15) is 18.0 Å². The number of amides is 1. The summed E-state index contributed by atoms with van der Waals surface area (Å²) in [5.41, 5.74) is 2.15. The molecule has 1 heterocycles. The zero-order valence-electron chi connectivity index (χ0n) is 17.3. The fourth-order valence-electron chi connectivity index (χ4n) is 3.61. The summed E-state index contributed by atoms with van der Waals surface area (Å²) >= 11 is 0. The van der Waals surface area contributed by atoms with Crippen molar-refractivity contribution in [2.75, 3.05) is 25.5 Å². The molecule has 1 saturated heterocycles. The Labute approximate surface area is 177 Å². The predicted octanol–water partition coefficient (Wildman–Crippen LogP) is 3.13. The first-order valence-corrected chi connectivity index (χ1v) is 11.2. The standard InChI is InChI=1S/C22H26N2O5S/c1-15-10-11-16(2)20(13-15)30(27,28)24-12-6-7-17(14-24)21(25)23-19-9-5-4-8-18(19)22(26)29-3/h4-5,8-11,13,17H,6-7,12,14H2,1-3H3,(H,23,25)/t17-/m1/s1. The monoisotopic (exact) mass is 430 g/mol. The molecule has 0 radical (unpaired) electrons. The Kier molecular flexibility index (Phi) is 6.58. The zero-order chi connectivity index (χ0) is 21.9. The molecule has 30 heavy (non-hydrogen) atoms. The Hall–Kier alpha value is -2.71. The maximum atomic E-state index is 13.2. The van der Waals surface area contributed by atoms with E-state index in [1.54, 1.807) is 43.3 Å². The van der Waals surface area contributed by atoms with Gasteiger partial charge in [-0.1, -0.05) is 24.3 Å². The van der Waals surface area contributed by atoms with Gasteiger partial charge in [0.2, 0.25) is 15.9 Å². The van der Waals surface area contributed by atoms with E-state index in [2.05, 4.69) is 5.32 Å². The van der Waals surface area contributed by atoms with Crippen LogP contribution >= 0.6 is 0 Å². The van der Waals surface area contributed by atoms with Gasteiger partial charge in [0.1, 0.15) is 0 Å². The molecule has 1 atom stereocenters. The summed E-state index contributed by atoms with van der Waals surface area (Å²) in [7, 11) is -2.42. The third kappa shape index (κ3) is 4.55. The number of nitrogens with one attached hydrogen (secondary N) is 1. The molecular weight excluding hydrogens is 404 g/mol. The molecule has 1 N–H and O–H groups in total. The molecular formula is C22H26N2O5S. The molecule has 0 aromatic heterocycles. The molecule has 0 saturated carbocycles. The molecule has 1 aliphatic rings. The smallest absolute Gasteiger partial charge is 0.339 e. The number of carbonyl (C=O) groups excluding carboxylic acids is 2. The lowest BCUT2D eigenvalue weighted by Crippen LogP contribution is -2.44. The van der Waals surface area contributed by atoms with Gasteiger partial charge in [0.25, 0.3) is 0 Å². The maximum absolute atomic E-state index is 13.2. The van der Waals surface area contributed by atoms with Crippen LogP contribution in [-0.4, -0.2) is 44.8 Å². The van der Waals surface area contributed by atoms with Crippen molar-refractivity contribution in [1.82, 2.24) is 4.31 Å². The molecule has 1 amide bonds. The number of benzene rings is 2. The SMILES string of the molecule is COC(=O)c1ccccc1NC(=O)[C@@H]1CCCN(S(=O)(=O)c2cc(C)ccc2C)C1. The molecule has 0 spiro atoms. The number of anilines is 1. The van der Waals surface area contributed by atoms with Gasteiger partial charge in [-0.15, -0.1) is 0 Å². The number of methoxy groups -OCH3 is 1. The van der Waals surface area contributed by atoms with Crippen molar-refractivity contribution in [3.63, 3.8) is 0 Å². The van der Waals surface area contributed by atoms with Crippen LogP contribution in [0, 0.1) is 19.8 Å². The van der Waals surface area contributed by atoms with Crippen LogP contribution in [0.4, 0.5) is 5.69 Å². The van der Waals surface area contributed by atoms with E-state index in [-0.39, 0.29) is 22.9 Å². The quantitative estimate of drug-likeness (QED) is 0.736. The van der Waals surface area contributed by atoms with Gasteiger partial charge >= 0.3 is 5.97 Å². The van der Waals surface area contributed by atoms with E-state index in [4.69, 9.17) is 4.74 Å². The van der Waals surface area contributed by atoms with Gasteiger partial charge in [-0.05, 0) is 56.0 Å². The lowest BCUT2D eigenvalue weighted by Gasteiger charge is -2.31. The normalized spacial score (nSPS) is 17.4. The number of hydrogen-bond acceptors (Lipinski definition) is 5. The number of rotatable bonds is 5. The number of aryl methyl sites for hydroxylation is 2. The van der Waals surface area contributed by atoms with Crippen LogP contribution in [0.25, 0.3) is 0 Å². The highest BCUT2D eigenvalue weighted by Gasteiger charge is 2.34. The Morgan fingerprint density at radius 3 is 2.60 bits per heavy atom. The second-order valence-electron chi connectivity index (χ2n) is 7.50. The molecule has 0 unspecified atom stereocenters. The highest BCUT2D eigenvalue weighted by atomic mass is 32.2. The van der Waals surface area contributed by atoms with Gasteiger partial charge in [0.05, 0.1) is 29.2 Å². The van der Waals surface area contributed by atoms with Gasteiger partial charge in [0.15, 0.2) is 0 Å². The first kappa shape index (κ1) is 22.0. The van der Waals surface area contributed by atoms with E-state index in [0.717, 1.165) is 5.56 Å². The third-order valence-electron chi connectivity index (χ3n) is 5.31. The van der Waals surface area contributed by atoms with Gasteiger partial charge in [-0.25, -0.2) is 13.2 Å². The first-order chi connectivity index (χ1) is 14.2. The summed E-state index contributed by atoms with van der Waals surface area (Å²) in [5, 5.41) is 2.77. The lowest BCUT2D eigenvalue weighted by atomic mass is 9.98. The van der Waals surface area contributed by atoms with E-state index in [1.807, 2.05) is 13.0 Å². The van der Waals surface area contributed by atoms with Crippen molar-refractivity contribution in [3.05, 3.63) is 59.2 Å². The number of sulfonamides is 1. The first-order valence-electron chi connectivity index (χ1n) is 9.79. The highest BCUT2D eigenvalue weighted by Crippen LogP contribution is 2.27. The van der Waals surface area contributed by atoms with Crippen molar-refractivity contribution in [2.45, 2.75) is 31.6 Å². The van der Waals surface area contributed by atoms with Crippen molar-refractivity contribution in [2.24, 2.45) is 5.92 Å². The largest absolute Gasteiger partial charge is 0.465 e. The summed E-state index contributed by atoms with van der Waals surface area (Å²) in [6.07, 6.45) is 1.16. The Morgan fingerprint density at radius 2 is 1.87 bits per heavy atom. The van der Waals surface area contributed by atoms with Crippen molar-refractivity contribution < 1.29 is 22.7 Å². The van der Waals surface area contributed by atoms with Crippen LogP contribution in [0.1, 0.15) is 34.3 Å². The number of ether oxygens (including phenoxy) is 1. The van der Waals surface area contributed by atoms with Gasteiger partial charge in [-0.2, -0.15) is 4.31 Å². The molecule has 3 rings (SSSR count). The van der Waals surface area contributed by atoms with E-state index < -0.39 is 21.9 Å². The van der Waals surface area contributed by atoms with Crippen LogP contribution < -0.4 is 5.32 Å². The van der Waals surface area contributed by atoms with Gasteiger partial charge in [-0.3, -0.25) is 4.79 Å². The zero-order valence-corrected chi connectivity index (χ0v) is 18.2. The Bertz CT molecular complexity index is 1060. The van der Waals surface area contributed by atoms with E-state index >= 15 is 0 Å². The van der Waals surface area contributed by atoms with Gasteiger partial charge < -0.3 is 10.1 Å². The average Bonchev–Trinajstić information content (AvgIpc) is 2.75. The minimum Gasteiger partial charge on any atom is -0.465 e. The number of esters is 1. The van der Waals surface area contributed by atoms with Crippen LogP contribution in [0.2, 0.25) is 0 Å². The second kappa shape index (κ2) is 8.97. The fraction of sp³-hybridized carbons (Fsp3) is 0.364. The number of nitrogens with zero attached hydrogens (tertiary/aromatic N) is 1. The summed E-state index contributed by atoms with van der Waals surface area (Å²) in [4.78, 5) is 25.1. The number of hydrogen-bond donors (Lipinski definition) is 1. The molecule has 1 fully saturated rings. The van der Waals surface area contributed by atoms with Crippen LogP contribution in [0.15, 0.2) is 47.4 Å². The molecule has 0 bridgehead atoms. The molecule has 1 aliphatic heterocycles. The second-order valence-corrected chi connectivity index (χ2v) is 9.40. The van der Waals surface area contributed by atoms with Crippen molar-refractivity contribution in [1.29, 1.82) is 0 Å². The minimum absolute atomic E-state index is 0.0991. The topological polar surface area (TPSA) is 92.8 Å². The minimum atomic E-state index is -3.70. The predicted molar refractivity (Wildman–Crippen MR) is 114 cm³/mol. The number of para-hydroxylation sites is 1. The van der Waals surface area contributed by atoms with E-state index in [1.165, 1.54) is 11.4 Å². The number of piperidine rings is 1. The third-order valence-corrected chi connectivity index (χ3v) is 7.31. The summed E-state index contributed by atoms with van der Waals surface area (Å²) in [6.45, 7) is 4.09. The van der Waals surface area contributed by atoms with Crippen LogP contribution in [0.5, 0.6) is 0 Å². The van der Waals surface area contributed by atoms with Crippen molar-refractivity contribution in [3.8, 4) is 0 Å². The average molecular weight is 431 g/mol. The van der Waals surface area contributed by atoms with Gasteiger partial charge in [0, 0.05) is 13.1 Å². The Morgan fingerprint density at radius 1 is 1.13 bits per heavy atom. The van der Waals surface area contributed by atoms with E-state index in [0.29, 0.717) is 30.6 Å². The van der Waals surface area contributed by atoms with Crippen LogP contribution in [-0.2, 0) is 19.6 Å².